The molecule has 1 aromatic heterocycles. The smallest absolute Gasteiger partial charge is 0.202 e. The molecule has 2 atom stereocenters. The van der Waals surface area contributed by atoms with E-state index in [1.807, 2.05) is 0 Å². The van der Waals surface area contributed by atoms with Gasteiger partial charge in [-0.25, -0.2) is 0 Å². The van der Waals surface area contributed by atoms with Gasteiger partial charge in [0.2, 0.25) is 5.78 Å². The van der Waals surface area contributed by atoms with E-state index in [0.717, 1.165) is 12.1 Å². The molecule has 1 aliphatic heterocycles. The second-order valence-electron chi connectivity index (χ2n) is 9.35. The van der Waals surface area contributed by atoms with Crippen LogP contribution in [-0.2, 0) is 0 Å². The van der Waals surface area contributed by atoms with Crippen LogP contribution in [0.5, 0.6) is 34.5 Å². The van der Waals surface area contributed by atoms with E-state index in [0.29, 0.717) is 5.56 Å². The molecule has 2 heterocycles. The molecule has 1 aliphatic rings. The van der Waals surface area contributed by atoms with Crippen molar-refractivity contribution in [3.8, 4) is 56.9 Å². The van der Waals surface area contributed by atoms with Crippen molar-refractivity contribution in [3.63, 3.8) is 0 Å². The maximum Gasteiger partial charge on any atom is 0.202 e. The number of hydrogen-bond acceptors (Lipinski definition) is 10. The first-order valence-corrected chi connectivity index (χ1v) is 12.0. The Kier molecular flexibility index (Phi) is 5.63. The average molecular weight is 540 g/mol. The minimum Gasteiger partial charge on any atom is -0.508 e. The topological polar surface area (TPSA) is 178 Å². The van der Waals surface area contributed by atoms with Crippen LogP contribution in [0, 0.1) is 0 Å². The molecule has 0 saturated carbocycles. The number of aromatic hydroxyl groups is 5. The Balaban J connectivity index is 1.45. The first-order chi connectivity index (χ1) is 19.1. The lowest BCUT2D eigenvalue weighted by molar-refractivity contribution is 0.0211. The number of aliphatic hydroxyl groups excluding tert-OH is 1. The van der Waals surface area contributed by atoms with Crippen molar-refractivity contribution in [2.45, 2.75) is 12.2 Å². The first-order valence-electron chi connectivity index (χ1n) is 12.0. The Hall–Kier alpha value is -5.48. The third-order valence-corrected chi connectivity index (χ3v) is 6.74. The van der Waals surface area contributed by atoms with E-state index in [9.17, 15) is 40.2 Å². The van der Waals surface area contributed by atoms with Gasteiger partial charge in [0.15, 0.2) is 17.6 Å². The fourth-order valence-electron chi connectivity index (χ4n) is 4.82. The Morgan fingerprint density at radius 1 is 0.675 bits per heavy atom. The molecule has 4 aromatic carbocycles. The van der Waals surface area contributed by atoms with Crippen LogP contribution in [0.25, 0.3) is 33.4 Å². The fourth-order valence-corrected chi connectivity index (χ4v) is 4.82. The lowest BCUT2D eigenvalue weighted by Crippen LogP contribution is -2.36. The van der Waals surface area contributed by atoms with Crippen LogP contribution in [0.3, 0.4) is 0 Å². The van der Waals surface area contributed by atoms with Crippen LogP contribution < -0.4 is 10.2 Å². The zero-order valence-corrected chi connectivity index (χ0v) is 20.4. The number of phenols is 5. The Bertz CT molecular complexity index is 1890. The van der Waals surface area contributed by atoms with Gasteiger partial charge in [0.05, 0.1) is 0 Å². The van der Waals surface area contributed by atoms with Crippen molar-refractivity contribution in [2.75, 3.05) is 0 Å². The molecule has 6 N–H and O–H groups in total. The largest absolute Gasteiger partial charge is 0.508 e. The summed E-state index contributed by atoms with van der Waals surface area (Å²) in [5.74, 6) is -2.21. The summed E-state index contributed by atoms with van der Waals surface area (Å²) in [6, 6.07) is 16.2. The number of ether oxygens (including phenoxy) is 1. The molecule has 10 nitrogen and oxygen atoms in total. The molecule has 0 fully saturated rings. The molecule has 0 radical (unpaired) electrons. The van der Waals surface area contributed by atoms with E-state index in [-0.39, 0.29) is 62.0 Å². The molecule has 0 bridgehead atoms. The highest BCUT2D eigenvalue weighted by Gasteiger charge is 2.39. The van der Waals surface area contributed by atoms with Gasteiger partial charge >= 0.3 is 0 Å². The van der Waals surface area contributed by atoms with Crippen LogP contribution in [0.4, 0.5) is 0 Å². The minimum absolute atomic E-state index is 0.0272. The van der Waals surface area contributed by atoms with Gasteiger partial charge < -0.3 is 39.8 Å². The number of rotatable bonds is 3. The summed E-state index contributed by atoms with van der Waals surface area (Å²) in [5, 5.41) is 61.5. The van der Waals surface area contributed by atoms with Crippen molar-refractivity contribution in [3.05, 3.63) is 94.1 Å². The number of phenolic OH excluding ortho intramolecular Hbond substituents is 5. The van der Waals surface area contributed by atoms with Gasteiger partial charge in [-0.2, -0.15) is 0 Å². The normalized spacial score (nSPS) is 16.5. The van der Waals surface area contributed by atoms with Crippen molar-refractivity contribution < 1.29 is 44.6 Å². The number of carbonyl (C=O) groups excluding carboxylic acids is 1. The lowest BCUT2D eigenvalue weighted by atomic mass is 9.91. The average Bonchev–Trinajstić information content (AvgIpc) is 2.90. The standard InChI is InChI=1S/C30H20O10/c31-16-4-1-13(2-5-16)23-12-22(36)26-20(34)8-15(9-24(26)39-23)18-7-14(3-6-19(18)33)30-29(38)28(37)27-21(35)10-17(32)11-25(27)40-30/h1-12,29-35,38H. The van der Waals surface area contributed by atoms with Gasteiger partial charge in [0.1, 0.15) is 56.8 Å². The molecule has 6 rings (SSSR count). The van der Waals surface area contributed by atoms with Crippen molar-refractivity contribution in [2.24, 2.45) is 0 Å². The summed E-state index contributed by atoms with van der Waals surface area (Å²) in [5.41, 5.74) is 0.452. The van der Waals surface area contributed by atoms with Gasteiger partial charge in [0, 0.05) is 29.3 Å². The van der Waals surface area contributed by atoms with E-state index in [1.54, 1.807) is 12.1 Å². The van der Waals surface area contributed by atoms with Crippen molar-refractivity contribution >= 4 is 16.8 Å². The van der Waals surface area contributed by atoms with Crippen LogP contribution >= 0.6 is 0 Å². The zero-order valence-electron chi connectivity index (χ0n) is 20.4. The molecule has 10 heteroatoms. The van der Waals surface area contributed by atoms with Gasteiger partial charge in [-0.3, -0.25) is 9.59 Å². The molecule has 0 saturated heterocycles. The number of Topliss-reactive ketones (excluding diaryl/α,β-unsaturated/α-hetero) is 1. The maximum atomic E-state index is 12.8. The maximum absolute atomic E-state index is 12.8. The molecular formula is C30H20O10. The highest BCUT2D eigenvalue weighted by molar-refractivity contribution is 6.05. The molecule has 5 aromatic rings. The van der Waals surface area contributed by atoms with Crippen LogP contribution in [0.1, 0.15) is 22.0 Å². The van der Waals surface area contributed by atoms with E-state index >= 15 is 0 Å². The molecule has 200 valence electrons. The number of ketones is 1. The number of carbonyl (C=O) groups is 1. The van der Waals surface area contributed by atoms with E-state index in [1.165, 1.54) is 48.5 Å². The number of aliphatic hydroxyl groups is 1. The van der Waals surface area contributed by atoms with E-state index < -0.39 is 34.9 Å². The summed E-state index contributed by atoms with van der Waals surface area (Å²) in [7, 11) is 0. The SMILES string of the molecule is O=C1c2c(O)cc(O)cc2OC(c2ccc(O)c(-c3cc(O)c4c(=O)cc(-c5ccc(O)cc5)oc4c3)c2)C1O. The fraction of sp³-hybridized carbons (Fsp3) is 0.0667. The van der Waals surface area contributed by atoms with Gasteiger partial charge in [-0.1, -0.05) is 6.07 Å². The monoisotopic (exact) mass is 540 g/mol. The number of hydrogen-bond donors (Lipinski definition) is 6. The Labute approximate surface area is 224 Å². The summed E-state index contributed by atoms with van der Waals surface area (Å²) in [4.78, 5) is 25.7. The van der Waals surface area contributed by atoms with E-state index in [4.69, 9.17) is 9.15 Å². The molecule has 2 unspecified atom stereocenters. The van der Waals surface area contributed by atoms with Gasteiger partial charge in [-0.15, -0.1) is 0 Å². The van der Waals surface area contributed by atoms with Crippen molar-refractivity contribution in [1.29, 1.82) is 0 Å². The van der Waals surface area contributed by atoms with Crippen molar-refractivity contribution in [1.82, 2.24) is 0 Å². The summed E-state index contributed by atoms with van der Waals surface area (Å²) in [6.07, 6.45) is -2.97. The minimum atomic E-state index is -1.71. The third kappa shape index (κ3) is 4.03. The van der Waals surface area contributed by atoms with Crippen LogP contribution in [0.15, 0.2) is 82.0 Å². The molecular weight excluding hydrogens is 520 g/mol. The first kappa shape index (κ1) is 24.8. The Morgan fingerprint density at radius 3 is 2.17 bits per heavy atom. The highest BCUT2D eigenvalue weighted by atomic mass is 16.5. The Morgan fingerprint density at radius 2 is 1.43 bits per heavy atom. The molecule has 0 amide bonds. The predicted molar refractivity (Wildman–Crippen MR) is 142 cm³/mol. The lowest BCUT2D eigenvalue weighted by Gasteiger charge is -2.30. The van der Waals surface area contributed by atoms with Gasteiger partial charge in [0.25, 0.3) is 0 Å². The summed E-state index contributed by atoms with van der Waals surface area (Å²) >= 11 is 0. The van der Waals surface area contributed by atoms with Gasteiger partial charge in [-0.05, 0) is 59.7 Å². The predicted octanol–water partition coefficient (Wildman–Crippen LogP) is 4.33. The molecule has 0 spiro atoms. The third-order valence-electron chi connectivity index (χ3n) is 6.74. The molecule has 40 heavy (non-hydrogen) atoms. The zero-order chi connectivity index (χ0) is 28.3. The number of fused-ring (bicyclic) bond motifs is 2. The molecule has 0 aliphatic carbocycles. The summed E-state index contributed by atoms with van der Waals surface area (Å²) in [6.45, 7) is 0. The second kappa shape index (κ2) is 9.07. The number of benzene rings is 4. The summed E-state index contributed by atoms with van der Waals surface area (Å²) < 4.78 is 11.7. The highest BCUT2D eigenvalue weighted by Crippen LogP contribution is 2.44. The quantitative estimate of drug-likeness (QED) is 0.193. The van der Waals surface area contributed by atoms with Crippen LogP contribution in [0.2, 0.25) is 0 Å². The van der Waals surface area contributed by atoms with E-state index in [2.05, 4.69) is 0 Å². The second-order valence-corrected chi connectivity index (χ2v) is 9.35. The van der Waals surface area contributed by atoms with Crippen LogP contribution in [-0.4, -0.2) is 42.5 Å².